The van der Waals surface area contributed by atoms with Crippen molar-refractivity contribution in [3.8, 4) is 23.7 Å². The van der Waals surface area contributed by atoms with Crippen LogP contribution in [0.4, 0.5) is 0 Å². The van der Waals surface area contributed by atoms with E-state index < -0.39 is 15.4 Å². The summed E-state index contributed by atoms with van der Waals surface area (Å²) in [4.78, 5) is 0.262. The lowest BCUT2D eigenvalue weighted by Gasteiger charge is -2.31. The summed E-state index contributed by atoms with van der Waals surface area (Å²) in [7, 11) is -3.61. The van der Waals surface area contributed by atoms with E-state index in [0.29, 0.717) is 12.8 Å². The molecule has 0 aliphatic heterocycles. The smallest absolute Gasteiger partial charge is 0.210 e. The summed E-state index contributed by atoms with van der Waals surface area (Å²) >= 11 is 0. The first-order chi connectivity index (χ1) is 12.9. The summed E-state index contributed by atoms with van der Waals surface area (Å²) in [5, 5.41) is 0. The zero-order chi connectivity index (χ0) is 19.8. The van der Waals surface area contributed by atoms with Crippen LogP contribution in [0.1, 0.15) is 37.8 Å². The largest absolute Gasteiger partial charge is 0.240 e. The van der Waals surface area contributed by atoms with Crippen molar-refractivity contribution in [2.75, 3.05) is 6.54 Å². The number of sulfonamides is 1. The lowest BCUT2D eigenvalue weighted by Crippen LogP contribution is -2.40. The molecule has 1 N–H and O–H groups in total. The predicted octanol–water partition coefficient (Wildman–Crippen LogP) is 4.04. The summed E-state index contributed by atoms with van der Waals surface area (Å²) in [6, 6.07) is 16.7. The standard InChI is InChI=1S/C23H25NO2S/c1-4-6-17-23(18-7-5-2,21-11-9-8-10-12-21)19-24-27(25,26)22-15-13-20(3)14-16-22/h8-16,24H,17-19H2,1-3H3. The lowest BCUT2D eigenvalue weighted by molar-refractivity contribution is 0.439. The van der Waals surface area contributed by atoms with E-state index in [2.05, 4.69) is 28.4 Å². The fourth-order valence-electron chi connectivity index (χ4n) is 2.83. The van der Waals surface area contributed by atoms with Gasteiger partial charge in [-0.1, -0.05) is 48.0 Å². The highest BCUT2D eigenvalue weighted by atomic mass is 32.2. The van der Waals surface area contributed by atoms with Crippen LogP contribution in [0.3, 0.4) is 0 Å². The molecule has 2 aromatic carbocycles. The zero-order valence-electron chi connectivity index (χ0n) is 16.0. The Labute approximate surface area is 163 Å². The van der Waals surface area contributed by atoms with Gasteiger partial charge in [0.2, 0.25) is 10.0 Å². The monoisotopic (exact) mass is 379 g/mol. The van der Waals surface area contributed by atoms with Crippen LogP contribution in [0.2, 0.25) is 0 Å². The first-order valence-electron chi connectivity index (χ1n) is 8.84. The molecule has 0 spiro atoms. The minimum atomic E-state index is -3.61. The molecule has 0 unspecified atom stereocenters. The van der Waals surface area contributed by atoms with Crippen LogP contribution in [0.25, 0.3) is 0 Å². The van der Waals surface area contributed by atoms with Crippen molar-refractivity contribution in [1.82, 2.24) is 4.72 Å². The van der Waals surface area contributed by atoms with Crippen molar-refractivity contribution in [2.45, 2.75) is 43.9 Å². The maximum Gasteiger partial charge on any atom is 0.240 e. The SMILES string of the molecule is CC#CCC(CC#CC)(CNS(=O)(=O)c1ccc(C)cc1)c1ccccc1. The third-order valence-corrected chi connectivity index (χ3v) is 5.94. The van der Waals surface area contributed by atoms with Crippen LogP contribution < -0.4 is 4.72 Å². The maximum absolute atomic E-state index is 12.8. The average Bonchev–Trinajstić information content (AvgIpc) is 2.69. The Balaban J connectivity index is 2.38. The molecule has 0 atom stereocenters. The van der Waals surface area contributed by atoms with E-state index in [4.69, 9.17) is 0 Å². The van der Waals surface area contributed by atoms with Crippen LogP contribution in [-0.4, -0.2) is 15.0 Å². The second kappa shape index (κ2) is 9.42. The van der Waals surface area contributed by atoms with Gasteiger partial charge in [-0.05, 0) is 38.5 Å². The van der Waals surface area contributed by atoms with Crippen molar-refractivity contribution in [3.63, 3.8) is 0 Å². The predicted molar refractivity (Wildman–Crippen MR) is 111 cm³/mol. The van der Waals surface area contributed by atoms with Gasteiger partial charge >= 0.3 is 0 Å². The summed E-state index contributed by atoms with van der Waals surface area (Å²) < 4.78 is 28.4. The highest BCUT2D eigenvalue weighted by Gasteiger charge is 2.32. The highest BCUT2D eigenvalue weighted by molar-refractivity contribution is 7.89. The Bertz CT molecular complexity index is 948. The van der Waals surface area contributed by atoms with Gasteiger partial charge < -0.3 is 0 Å². The van der Waals surface area contributed by atoms with E-state index in [-0.39, 0.29) is 11.4 Å². The average molecular weight is 380 g/mol. The fraction of sp³-hybridized carbons (Fsp3) is 0.304. The number of hydrogen-bond donors (Lipinski definition) is 1. The summed E-state index contributed by atoms with van der Waals surface area (Å²) in [6.07, 6.45) is 1.05. The second-order valence-corrected chi connectivity index (χ2v) is 8.26. The van der Waals surface area contributed by atoms with E-state index in [9.17, 15) is 8.42 Å². The summed E-state index contributed by atoms with van der Waals surface area (Å²) in [5.74, 6) is 12.1. The lowest BCUT2D eigenvalue weighted by atomic mass is 9.75. The molecule has 0 saturated heterocycles. The molecule has 0 fully saturated rings. The Morgan fingerprint density at radius 2 is 1.44 bits per heavy atom. The molecule has 140 valence electrons. The third-order valence-electron chi connectivity index (χ3n) is 4.53. The molecule has 2 rings (SSSR count). The molecule has 0 aliphatic carbocycles. The molecule has 0 aliphatic rings. The third kappa shape index (κ3) is 5.47. The van der Waals surface area contributed by atoms with E-state index in [1.165, 1.54) is 0 Å². The Hall–Kier alpha value is -2.53. The Morgan fingerprint density at radius 1 is 0.889 bits per heavy atom. The minimum Gasteiger partial charge on any atom is -0.210 e. The first-order valence-corrected chi connectivity index (χ1v) is 10.3. The van der Waals surface area contributed by atoms with Gasteiger partial charge in [-0.25, -0.2) is 13.1 Å². The van der Waals surface area contributed by atoms with Crippen molar-refractivity contribution >= 4 is 10.0 Å². The topological polar surface area (TPSA) is 46.2 Å². The fourth-order valence-corrected chi connectivity index (χ4v) is 3.96. The van der Waals surface area contributed by atoms with Gasteiger partial charge in [0.15, 0.2) is 0 Å². The van der Waals surface area contributed by atoms with Crippen molar-refractivity contribution in [3.05, 3.63) is 65.7 Å². The highest BCUT2D eigenvalue weighted by Crippen LogP contribution is 2.31. The van der Waals surface area contributed by atoms with Crippen molar-refractivity contribution in [1.29, 1.82) is 0 Å². The molecule has 0 radical (unpaired) electrons. The molecule has 27 heavy (non-hydrogen) atoms. The summed E-state index contributed by atoms with van der Waals surface area (Å²) in [5.41, 5.74) is 1.54. The quantitative estimate of drug-likeness (QED) is 0.738. The van der Waals surface area contributed by atoms with Gasteiger partial charge in [-0.15, -0.1) is 23.7 Å². The Morgan fingerprint density at radius 3 is 1.96 bits per heavy atom. The second-order valence-electron chi connectivity index (χ2n) is 6.49. The number of aryl methyl sites for hydroxylation is 1. The molecule has 0 heterocycles. The van der Waals surface area contributed by atoms with Crippen LogP contribution in [-0.2, 0) is 15.4 Å². The molecule has 2 aromatic rings. The maximum atomic E-state index is 12.8. The molecule has 0 bridgehead atoms. The normalized spacial score (nSPS) is 11.1. The van der Waals surface area contributed by atoms with E-state index >= 15 is 0 Å². The molecule has 0 saturated carbocycles. The van der Waals surface area contributed by atoms with Gasteiger partial charge in [-0.2, -0.15) is 0 Å². The van der Waals surface area contributed by atoms with Gasteiger partial charge in [0.05, 0.1) is 4.90 Å². The van der Waals surface area contributed by atoms with Crippen molar-refractivity contribution < 1.29 is 8.42 Å². The van der Waals surface area contributed by atoms with E-state index in [1.54, 1.807) is 38.1 Å². The minimum absolute atomic E-state index is 0.233. The molecule has 4 heteroatoms. The van der Waals surface area contributed by atoms with Crippen LogP contribution >= 0.6 is 0 Å². The molecule has 0 amide bonds. The number of hydrogen-bond acceptors (Lipinski definition) is 2. The van der Waals surface area contributed by atoms with Crippen molar-refractivity contribution in [2.24, 2.45) is 0 Å². The molecular weight excluding hydrogens is 354 g/mol. The van der Waals surface area contributed by atoms with Crippen LogP contribution in [0.5, 0.6) is 0 Å². The molecular formula is C23H25NO2S. The molecule has 3 nitrogen and oxygen atoms in total. The molecule has 0 aromatic heterocycles. The number of rotatable bonds is 7. The van der Waals surface area contributed by atoms with Gasteiger partial charge in [-0.3, -0.25) is 0 Å². The van der Waals surface area contributed by atoms with Crippen LogP contribution in [0, 0.1) is 30.6 Å². The van der Waals surface area contributed by atoms with Gasteiger partial charge in [0.1, 0.15) is 0 Å². The number of nitrogens with one attached hydrogen (secondary N) is 1. The zero-order valence-corrected chi connectivity index (χ0v) is 16.9. The van der Waals surface area contributed by atoms with Gasteiger partial charge in [0.25, 0.3) is 0 Å². The van der Waals surface area contributed by atoms with Crippen LogP contribution in [0.15, 0.2) is 59.5 Å². The number of benzene rings is 2. The Kier molecular flexibility index (Phi) is 7.25. The van der Waals surface area contributed by atoms with E-state index in [0.717, 1.165) is 11.1 Å². The van der Waals surface area contributed by atoms with Gasteiger partial charge in [0, 0.05) is 24.8 Å². The summed E-state index contributed by atoms with van der Waals surface area (Å²) in [6.45, 7) is 5.74. The van der Waals surface area contributed by atoms with E-state index in [1.807, 2.05) is 37.3 Å². The first kappa shape index (κ1) is 20.8.